The molecule has 0 aromatic rings. The zero-order valence-electron chi connectivity index (χ0n) is 15.5. The maximum Gasteiger partial charge on any atom is 0.314 e. The predicted octanol–water partition coefficient (Wildman–Crippen LogP) is 2.28. The summed E-state index contributed by atoms with van der Waals surface area (Å²) >= 11 is 0. The number of nitrogens with one attached hydrogen (secondary N) is 2. The summed E-state index contributed by atoms with van der Waals surface area (Å²) in [4.78, 5) is 16.9. The minimum atomic E-state index is -0.0351. The molecule has 2 rings (SSSR count). The first-order valence-corrected chi connectivity index (χ1v) is 9.38. The Labute approximate surface area is 142 Å². The number of nitrogens with zero attached hydrogens (tertiary/aromatic N) is 2. The Morgan fingerprint density at radius 2 is 1.87 bits per heavy atom. The van der Waals surface area contributed by atoms with Crippen LogP contribution in [0.1, 0.15) is 53.4 Å². The number of hydrogen-bond acceptors (Lipinski definition) is 3. The highest BCUT2D eigenvalue weighted by molar-refractivity contribution is 5.74. The van der Waals surface area contributed by atoms with Crippen LogP contribution in [0.4, 0.5) is 4.79 Å². The van der Waals surface area contributed by atoms with Crippen LogP contribution in [0.3, 0.4) is 0 Å². The molecule has 0 unspecified atom stereocenters. The van der Waals surface area contributed by atoms with E-state index in [1.54, 1.807) is 0 Å². The Balaban J connectivity index is 1.71. The zero-order valence-corrected chi connectivity index (χ0v) is 15.5. The molecule has 0 saturated carbocycles. The number of urea groups is 1. The van der Waals surface area contributed by atoms with Crippen LogP contribution in [0, 0.1) is 5.92 Å². The third-order valence-electron chi connectivity index (χ3n) is 5.16. The highest BCUT2D eigenvalue weighted by Gasteiger charge is 2.32. The van der Waals surface area contributed by atoms with Gasteiger partial charge in [0.1, 0.15) is 0 Å². The number of carbonyl (C=O) groups is 1. The molecule has 0 radical (unpaired) electrons. The van der Waals surface area contributed by atoms with Crippen LogP contribution < -0.4 is 10.6 Å². The van der Waals surface area contributed by atoms with E-state index in [-0.39, 0.29) is 17.6 Å². The highest BCUT2D eigenvalue weighted by atomic mass is 16.2. The molecular weight excluding hydrogens is 288 g/mol. The Kier molecular flexibility index (Phi) is 6.72. The smallest absolute Gasteiger partial charge is 0.314 e. The van der Waals surface area contributed by atoms with Gasteiger partial charge in [0, 0.05) is 31.2 Å². The fourth-order valence-electron chi connectivity index (χ4n) is 3.92. The molecule has 0 aromatic heterocycles. The van der Waals surface area contributed by atoms with Crippen molar-refractivity contribution in [3.63, 3.8) is 0 Å². The van der Waals surface area contributed by atoms with Crippen molar-refractivity contribution in [2.45, 2.75) is 65.0 Å². The number of likely N-dealkylation sites (tertiary alicyclic amines) is 2. The SMILES string of the molecule is CC(C)NC(=O)NC[C@H]1CCN(CC(C)(C)N2CCCCC2)C1. The molecular formula is C18H36N4O. The van der Waals surface area contributed by atoms with E-state index in [1.165, 1.54) is 38.8 Å². The first-order chi connectivity index (χ1) is 10.9. The normalized spacial score (nSPS) is 24.1. The minimum Gasteiger partial charge on any atom is -0.338 e. The second-order valence-corrected chi connectivity index (χ2v) is 8.26. The summed E-state index contributed by atoms with van der Waals surface area (Å²) in [6.45, 7) is 15.5. The van der Waals surface area contributed by atoms with Crippen LogP contribution in [0.25, 0.3) is 0 Å². The molecule has 2 aliphatic rings. The fourth-order valence-corrected chi connectivity index (χ4v) is 3.92. The van der Waals surface area contributed by atoms with Gasteiger partial charge in [0.15, 0.2) is 0 Å². The molecule has 0 spiro atoms. The van der Waals surface area contributed by atoms with Gasteiger partial charge in [-0.05, 0) is 72.5 Å². The minimum absolute atomic E-state index is 0.0351. The summed E-state index contributed by atoms with van der Waals surface area (Å²) in [6, 6.07) is 0.160. The van der Waals surface area contributed by atoms with Gasteiger partial charge in [-0.1, -0.05) is 6.42 Å². The average molecular weight is 325 g/mol. The van der Waals surface area contributed by atoms with Crippen molar-refractivity contribution in [3.05, 3.63) is 0 Å². The van der Waals surface area contributed by atoms with E-state index in [2.05, 4.69) is 34.3 Å². The zero-order chi connectivity index (χ0) is 16.9. The van der Waals surface area contributed by atoms with Gasteiger partial charge in [0.05, 0.1) is 0 Å². The van der Waals surface area contributed by atoms with E-state index in [1.807, 2.05) is 13.8 Å². The number of amides is 2. The quantitative estimate of drug-likeness (QED) is 0.788. The number of carbonyl (C=O) groups excluding carboxylic acids is 1. The number of rotatable bonds is 6. The van der Waals surface area contributed by atoms with Gasteiger partial charge in [0.25, 0.3) is 0 Å². The van der Waals surface area contributed by atoms with Gasteiger partial charge in [-0.15, -0.1) is 0 Å². The van der Waals surface area contributed by atoms with Gasteiger partial charge >= 0.3 is 6.03 Å². The molecule has 2 fully saturated rings. The molecule has 5 heteroatoms. The molecule has 23 heavy (non-hydrogen) atoms. The number of hydrogen-bond donors (Lipinski definition) is 2. The van der Waals surface area contributed by atoms with E-state index in [0.29, 0.717) is 5.92 Å². The highest BCUT2D eigenvalue weighted by Crippen LogP contribution is 2.24. The van der Waals surface area contributed by atoms with E-state index in [9.17, 15) is 4.79 Å². The first-order valence-electron chi connectivity index (χ1n) is 9.38. The Hall–Kier alpha value is -0.810. The van der Waals surface area contributed by atoms with Gasteiger partial charge in [-0.2, -0.15) is 0 Å². The molecule has 0 aromatic carbocycles. The van der Waals surface area contributed by atoms with Crippen LogP contribution in [-0.4, -0.2) is 66.7 Å². The molecule has 2 heterocycles. The van der Waals surface area contributed by atoms with Crippen LogP contribution in [0.15, 0.2) is 0 Å². The average Bonchev–Trinajstić information content (AvgIpc) is 2.92. The van der Waals surface area contributed by atoms with E-state index < -0.39 is 0 Å². The van der Waals surface area contributed by atoms with Crippen molar-refractivity contribution in [2.24, 2.45) is 5.92 Å². The Morgan fingerprint density at radius 3 is 2.52 bits per heavy atom. The topological polar surface area (TPSA) is 47.6 Å². The predicted molar refractivity (Wildman–Crippen MR) is 95.7 cm³/mol. The lowest BCUT2D eigenvalue weighted by Crippen LogP contribution is -2.53. The summed E-state index contributed by atoms with van der Waals surface area (Å²) in [7, 11) is 0. The number of piperidine rings is 1. The van der Waals surface area contributed by atoms with Crippen LogP contribution in [0.2, 0.25) is 0 Å². The molecule has 134 valence electrons. The second kappa shape index (κ2) is 8.34. The molecule has 0 bridgehead atoms. The summed E-state index contributed by atoms with van der Waals surface area (Å²) in [5.41, 5.74) is 0.262. The maximum atomic E-state index is 11.7. The third-order valence-corrected chi connectivity index (χ3v) is 5.16. The van der Waals surface area contributed by atoms with Crippen LogP contribution in [-0.2, 0) is 0 Å². The van der Waals surface area contributed by atoms with Crippen LogP contribution >= 0.6 is 0 Å². The van der Waals surface area contributed by atoms with E-state index in [4.69, 9.17) is 0 Å². The monoisotopic (exact) mass is 324 g/mol. The molecule has 0 aliphatic carbocycles. The van der Waals surface area contributed by atoms with Crippen molar-refractivity contribution in [3.8, 4) is 0 Å². The van der Waals surface area contributed by atoms with Crippen molar-refractivity contribution >= 4 is 6.03 Å². The first kappa shape index (κ1) is 18.5. The van der Waals surface area contributed by atoms with Crippen molar-refractivity contribution < 1.29 is 4.79 Å². The van der Waals surface area contributed by atoms with Crippen molar-refractivity contribution in [1.82, 2.24) is 20.4 Å². The molecule has 1 atom stereocenters. The van der Waals surface area contributed by atoms with Crippen molar-refractivity contribution in [1.29, 1.82) is 0 Å². The molecule has 2 aliphatic heterocycles. The Bertz CT molecular complexity index is 377. The van der Waals surface area contributed by atoms with Gasteiger partial charge < -0.3 is 15.5 Å². The summed E-state index contributed by atoms with van der Waals surface area (Å²) in [5.74, 6) is 0.588. The molecule has 2 amide bonds. The standard InChI is InChI=1S/C18H36N4O/c1-15(2)20-17(23)19-12-16-8-11-21(13-16)14-18(3,4)22-9-6-5-7-10-22/h15-16H,5-14H2,1-4H3,(H2,19,20,23)/t16-/m1/s1. The maximum absolute atomic E-state index is 11.7. The largest absolute Gasteiger partial charge is 0.338 e. The Morgan fingerprint density at radius 1 is 1.17 bits per heavy atom. The third kappa shape index (κ3) is 5.96. The summed E-state index contributed by atoms with van der Waals surface area (Å²) in [5, 5.41) is 5.90. The van der Waals surface area contributed by atoms with Gasteiger partial charge in [-0.25, -0.2) is 4.79 Å². The lowest BCUT2D eigenvalue weighted by molar-refractivity contribution is 0.0636. The van der Waals surface area contributed by atoms with E-state index >= 15 is 0 Å². The fraction of sp³-hybridized carbons (Fsp3) is 0.944. The summed E-state index contributed by atoms with van der Waals surface area (Å²) in [6.07, 6.45) is 5.28. The van der Waals surface area contributed by atoms with E-state index in [0.717, 1.165) is 26.2 Å². The van der Waals surface area contributed by atoms with Gasteiger partial charge in [-0.3, -0.25) is 4.90 Å². The van der Waals surface area contributed by atoms with Crippen molar-refractivity contribution in [2.75, 3.05) is 39.3 Å². The van der Waals surface area contributed by atoms with Crippen LogP contribution in [0.5, 0.6) is 0 Å². The molecule has 2 saturated heterocycles. The van der Waals surface area contributed by atoms with Gasteiger partial charge in [0.2, 0.25) is 0 Å². The molecule has 2 N–H and O–H groups in total. The lowest BCUT2D eigenvalue weighted by Gasteiger charge is -2.43. The lowest BCUT2D eigenvalue weighted by atomic mass is 9.98. The second-order valence-electron chi connectivity index (χ2n) is 8.26. The summed E-state index contributed by atoms with van der Waals surface area (Å²) < 4.78 is 0. The molecule has 5 nitrogen and oxygen atoms in total.